The van der Waals surface area contributed by atoms with E-state index in [4.69, 9.17) is 4.74 Å². The lowest BCUT2D eigenvalue weighted by Gasteiger charge is -2.11. The summed E-state index contributed by atoms with van der Waals surface area (Å²) in [6.07, 6.45) is -0.455. The molecular weight excluding hydrogens is 204 g/mol. The van der Waals surface area contributed by atoms with Crippen LogP contribution in [0.5, 0.6) is 5.75 Å². The number of carboxylic acid groups (broad SMARTS) is 1. The Balaban J connectivity index is 2.17. The number of benzene rings is 2. The normalized spacial score (nSPS) is 18.1. The summed E-state index contributed by atoms with van der Waals surface area (Å²) in [4.78, 5) is 10.8. The maximum atomic E-state index is 10.8. The Bertz CT molecular complexity index is 574. The van der Waals surface area contributed by atoms with E-state index >= 15 is 0 Å². The standard InChI is InChI=1S/C13H10O3/c14-13(15)11-7-9-6-5-8-3-1-2-4-10(8)12(9)16-11/h1-6,11H,7H2,(H,14,15)/p-1. The molecule has 0 spiro atoms. The van der Waals surface area contributed by atoms with E-state index in [9.17, 15) is 9.90 Å². The van der Waals surface area contributed by atoms with Crippen molar-refractivity contribution in [3.8, 4) is 5.75 Å². The number of hydrogen-bond donors (Lipinski definition) is 0. The Morgan fingerprint density at radius 3 is 2.88 bits per heavy atom. The second kappa shape index (κ2) is 3.23. The molecule has 1 aliphatic rings. The minimum Gasteiger partial charge on any atom is -0.546 e. The van der Waals surface area contributed by atoms with Gasteiger partial charge in [0.15, 0.2) is 0 Å². The Kier molecular flexibility index (Phi) is 1.86. The summed E-state index contributed by atoms with van der Waals surface area (Å²) in [6, 6.07) is 11.7. The van der Waals surface area contributed by atoms with Gasteiger partial charge in [0.2, 0.25) is 0 Å². The molecule has 2 aromatic carbocycles. The zero-order valence-electron chi connectivity index (χ0n) is 8.47. The van der Waals surface area contributed by atoms with Crippen LogP contribution >= 0.6 is 0 Å². The fourth-order valence-corrected chi connectivity index (χ4v) is 2.10. The molecule has 0 saturated carbocycles. The molecule has 0 N–H and O–H groups in total. The van der Waals surface area contributed by atoms with Crippen LogP contribution in [-0.4, -0.2) is 12.1 Å². The van der Waals surface area contributed by atoms with Gasteiger partial charge >= 0.3 is 0 Å². The zero-order chi connectivity index (χ0) is 11.1. The van der Waals surface area contributed by atoms with Crippen LogP contribution in [0.1, 0.15) is 5.56 Å². The van der Waals surface area contributed by atoms with Crippen molar-refractivity contribution < 1.29 is 14.6 Å². The van der Waals surface area contributed by atoms with Crippen LogP contribution in [0.25, 0.3) is 10.8 Å². The number of carboxylic acids is 1. The van der Waals surface area contributed by atoms with Crippen LogP contribution in [0, 0.1) is 0 Å². The number of carbonyl (C=O) groups excluding carboxylic acids is 1. The predicted molar refractivity (Wildman–Crippen MR) is 57.1 cm³/mol. The van der Waals surface area contributed by atoms with Crippen LogP contribution in [0.15, 0.2) is 36.4 Å². The number of hydrogen-bond acceptors (Lipinski definition) is 3. The summed E-state index contributed by atoms with van der Waals surface area (Å²) in [6.45, 7) is 0. The van der Waals surface area contributed by atoms with E-state index in [1.54, 1.807) is 0 Å². The van der Waals surface area contributed by atoms with E-state index in [0.29, 0.717) is 12.2 Å². The van der Waals surface area contributed by atoms with E-state index in [1.807, 2.05) is 36.4 Å². The summed E-state index contributed by atoms with van der Waals surface area (Å²) >= 11 is 0. The molecule has 1 aliphatic heterocycles. The Morgan fingerprint density at radius 2 is 2.06 bits per heavy atom. The molecule has 0 radical (unpaired) electrons. The van der Waals surface area contributed by atoms with Crippen molar-refractivity contribution in [2.45, 2.75) is 12.5 Å². The maximum absolute atomic E-state index is 10.8. The first kappa shape index (κ1) is 9.21. The summed E-state index contributed by atoms with van der Waals surface area (Å²) in [5.74, 6) is -0.465. The van der Waals surface area contributed by atoms with Gasteiger partial charge in [0, 0.05) is 11.8 Å². The average molecular weight is 213 g/mol. The summed E-state index contributed by atoms with van der Waals surface area (Å²) in [7, 11) is 0. The van der Waals surface area contributed by atoms with Gasteiger partial charge in [-0.3, -0.25) is 0 Å². The van der Waals surface area contributed by atoms with Crippen LogP contribution in [0.4, 0.5) is 0 Å². The molecule has 2 aromatic rings. The van der Waals surface area contributed by atoms with E-state index in [1.165, 1.54) is 0 Å². The maximum Gasteiger partial charge on any atom is 0.142 e. The molecule has 3 heteroatoms. The molecule has 16 heavy (non-hydrogen) atoms. The number of carbonyl (C=O) groups is 1. The van der Waals surface area contributed by atoms with Gasteiger partial charge in [-0.15, -0.1) is 0 Å². The number of ether oxygens (including phenoxy) is 1. The van der Waals surface area contributed by atoms with Gasteiger partial charge in [0.05, 0.1) is 5.97 Å². The molecule has 0 saturated heterocycles. The third kappa shape index (κ3) is 1.25. The Hall–Kier alpha value is -2.03. The first-order valence-electron chi connectivity index (χ1n) is 5.14. The van der Waals surface area contributed by atoms with Crippen LogP contribution in [-0.2, 0) is 11.2 Å². The smallest absolute Gasteiger partial charge is 0.142 e. The molecule has 0 amide bonds. The molecule has 1 unspecified atom stereocenters. The van der Waals surface area contributed by atoms with Crippen molar-refractivity contribution in [2.75, 3.05) is 0 Å². The van der Waals surface area contributed by atoms with Crippen molar-refractivity contribution in [3.63, 3.8) is 0 Å². The number of fused-ring (bicyclic) bond motifs is 3. The molecule has 0 aromatic heterocycles. The molecule has 0 bridgehead atoms. The molecule has 3 nitrogen and oxygen atoms in total. The van der Waals surface area contributed by atoms with E-state index in [-0.39, 0.29) is 0 Å². The van der Waals surface area contributed by atoms with E-state index in [2.05, 4.69) is 0 Å². The number of aliphatic carboxylic acids is 1. The van der Waals surface area contributed by atoms with E-state index < -0.39 is 12.1 Å². The third-order valence-electron chi connectivity index (χ3n) is 2.89. The summed E-state index contributed by atoms with van der Waals surface area (Å²) in [5.41, 5.74) is 0.938. The molecule has 1 heterocycles. The van der Waals surface area contributed by atoms with Gasteiger partial charge in [0.1, 0.15) is 11.9 Å². The van der Waals surface area contributed by atoms with Crippen molar-refractivity contribution in [3.05, 3.63) is 42.0 Å². The monoisotopic (exact) mass is 213 g/mol. The fourth-order valence-electron chi connectivity index (χ4n) is 2.10. The van der Waals surface area contributed by atoms with Gasteiger partial charge in [0.25, 0.3) is 0 Å². The minimum atomic E-state index is -1.15. The van der Waals surface area contributed by atoms with Crippen molar-refractivity contribution in [1.82, 2.24) is 0 Å². The van der Waals surface area contributed by atoms with Crippen molar-refractivity contribution in [1.29, 1.82) is 0 Å². The highest BCUT2D eigenvalue weighted by Gasteiger charge is 2.25. The molecule has 3 rings (SSSR count). The fraction of sp³-hybridized carbons (Fsp3) is 0.154. The van der Waals surface area contributed by atoms with Gasteiger partial charge in [-0.1, -0.05) is 36.4 Å². The lowest BCUT2D eigenvalue weighted by molar-refractivity contribution is -0.312. The molecule has 0 fully saturated rings. The lowest BCUT2D eigenvalue weighted by atomic mass is 10.0. The molecule has 0 aliphatic carbocycles. The van der Waals surface area contributed by atoms with Crippen LogP contribution in [0.3, 0.4) is 0 Å². The van der Waals surface area contributed by atoms with Gasteiger partial charge in [-0.25, -0.2) is 0 Å². The van der Waals surface area contributed by atoms with Gasteiger partial charge in [-0.2, -0.15) is 0 Å². The zero-order valence-corrected chi connectivity index (χ0v) is 8.47. The predicted octanol–water partition coefficient (Wildman–Crippen LogP) is 0.893. The molecule has 1 atom stereocenters. The number of rotatable bonds is 1. The first-order valence-corrected chi connectivity index (χ1v) is 5.14. The first-order chi connectivity index (χ1) is 7.75. The summed E-state index contributed by atoms with van der Waals surface area (Å²) in [5, 5.41) is 12.8. The highest BCUT2D eigenvalue weighted by molar-refractivity contribution is 5.91. The topological polar surface area (TPSA) is 49.4 Å². The van der Waals surface area contributed by atoms with Crippen LogP contribution < -0.4 is 9.84 Å². The average Bonchev–Trinajstić information content (AvgIpc) is 2.73. The Morgan fingerprint density at radius 1 is 1.25 bits per heavy atom. The SMILES string of the molecule is O=C([O-])C1Cc2ccc3ccccc3c2O1. The van der Waals surface area contributed by atoms with E-state index in [0.717, 1.165) is 16.3 Å². The van der Waals surface area contributed by atoms with Gasteiger partial charge in [-0.05, 0) is 10.9 Å². The molecule has 80 valence electrons. The third-order valence-corrected chi connectivity index (χ3v) is 2.89. The minimum absolute atomic E-state index is 0.391. The van der Waals surface area contributed by atoms with Crippen molar-refractivity contribution >= 4 is 16.7 Å². The Labute approximate surface area is 92.3 Å². The van der Waals surface area contributed by atoms with Crippen LogP contribution in [0.2, 0.25) is 0 Å². The second-order valence-corrected chi connectivity index (χ2v) is 3.90. The second-order valence-electron chi connectivity index (χ2n) is 3.90. The largest absolute Gasteiger partial charge is 0.546 e. The summed E-state index contributed by atoms with van der Waals surface area (Å²) < 4.78 is 5.42. The lowest BCUT2D eigenvalue weighted by Crippen LogP contribution is -2.38. The highest BCUT2D eigenvalue weighted by atomic mass is 16.5. The van der Waals surface area contributed by atoms with Gasteiger partial charge < -0.3 is 14.6 Å². The van der Waals surface area contributed by atoms with Crippen molar-refractivity contribution in [2.24, 2.45) is 0 Å². The highest BCUT2D eigenvalue weighted by Crippen LogP contribution is 2.35. The molecular formula is C13H9O3-. The quantitative estimate of drug-likeness (QED) is 0.707.